The van der Waals surface area contributed by atoms with E-state index in [-0.39, 0.29) is 0 Å². The Bertz CT molecular complexity index is 503. The molecule has 2 N–H and O–H groups in total. The first-order valence-corrected chi connectivity index (χ1v) is 7.30. The Kier molecular flexibility index (Phi) is 3.28. The Morgan fingerprint density at radius 3 is 2.44 bits per heavy atom. The maximum Gasteiger partial charge on any atom is 0.203 e. The van der Waals surface area contributed by atoms with Crippen molar-refractivity contribution in [3.8, 4) is 0 Å². The second-order valence-electron chi connectivity index (χ2n) is 4.91. The van der Waals surface area contributed by atoms with E-state index in [0.29, 0.717) is 17.0 Å². The Morgan fingerprint density at radius 1 is 1.11 bits per heavy atom. The quantitative estimate of drug-likeness (QED) is 0.918. The molecule has 94 valence electrons. The largest absolute Gasteiger partial charge is 0.374 e. The normalized spacial score (nSPS) is 18.0. The van der Waals surface area contributed by atoms with Crippen molar-refractivity contribution < 1.29 is 0 Å². The van der Waals surface area contributed by atoms with Crippen LogP contribution in [0.3, 0.4) is 0 Å². The molecule has 4 heteroatoms. The van der Waals surface area contributed by atoms with Gasteiger partial charge in [-0.25, -0.2) is 0 Å². The average molecular weight is 259 g/mol. The second-order valence-corrected chi connectivity index (χ2v) is 5.95. The summed E-state index contributed by atoms with van der Waals surface area (Å²) in [5.74, 6) is 1.07. The van der Waals surface area contributed by atoms with Gasteiger partial charge in [-0.05, 0) is 24.3 Å². The second kappa shape index (κ2) is 5.06. The van der Waals surface area contributed by atoms with E-state index >= 15 is 0 Å². The number of hydrogen-bond donors (Lipinski definition) is 1. The highest BCUT2D eigenvalue weighted by Gasteiger charge is 2.30. The molecule has 1 saturated carbocycles. The van der Waals surface area contributed by atoms with Crippen molar-refractivity contribution >= 4 is 16.5 Å². The molecule has 1 aliphatic rings. The first-order chi connectivity index (χ1) is 8.84. The van der Waals surface area contributed by atoms with Crippen LogP contribution in [0.4, 0.5) is 5.13 Å². The Hall–Kier alpha value is -1.42. The molecule has 1 heterocycles. The summed E-state index contributed by atoms with van der Waals surface area (Å²) in [6, 6.07) is 10.6. The third-order valence-electron chi connectivity index (χ3n) is 3.75. The highest BCUT2D eigenvalue weighted by Crippen LogP contribution is 2.42. The third-order valence-corrected chi connectivity index (χ3v) is 4.59. The van der Waals surface area contributed by atoms with Crippen LogP contribution in [-0.4, -0.2) is 10.2 Å². The first kappa shape index (κ1) is 11.7. The highest BCUT2D eigenvalue weighted by molar-refractivity contribution is 7.15. The molecule has 0 radical (unpaired) electrons. The molecule has 0 bridgehead atoms. The summed E-state index contributed by atoms with van der Waals surface area (Å²) in [5, 5.41) is 9.91. The number of nitrogens with two attached hydrogens (primary N) is 1. The summed E-state index contributed by atoms with van der Waals surface area (Å²) in [5.41, 5.74) is 7.09. The lowest BCUT2D eigenvalue weighted by molar-refractivity contribution is 0.480. The molecular formula is C14H17N3S. The summed E-state index contributed by atoms with van der Waals surface area (Å²) in [6.07, 6.45) is 5.25. The molecular weight excluding hydrogens is 242 g/mol. The van der Waals surface area contributed by atoms with E-state index in [2.05, 4.69) is 40.5 Å². The first-order valence-electron chi connectivity index (χ1n) is 6.48. The minimum absolute atomic E-state index is 0.378. The standard InChI is InChI=1S/C14H17N3S/c15-14-17-16-13(18-14)12(11-8-4-5-9-11)10-6-2-1-3-7-10/h1-3,6-7,11-12H,4-5,8-9H2,(H2,15,17). The van der Waals surface area contributed by atoms with Crippen LogP contribution < -0.4 is 5.73 Å². The van der Waals surface area contributed by atoms with Crippen LogP contribution in [0.1, 0.15) is 42.2 Å². The Balaban J connectivity index is 1.98. The van der Waals surface area contributed by atoms with Crippen LogP contribution in [0.15, 0.2) is 30.3 Å². The molecule has 1 atom stereocenters. The van der Waals surface area contributed by atoms with E-state index in [9.17, 15) is 0 Å². The minimum Gasteiger partial charge on any atom is -0.374 e. The zero-order valence-corrected chi connectivity index (χ0v) is 11.1. The smallest absolute Gasteiger partial charge is 0.203 e. The monoisotopic (exact) mass is 259 g/mol. The molecule has 1 aliphatic carbocycles. The number of nitrogens with zero attached hydrogens (tertiary/aromatic N) is 2. The van der Waals surface area contributed by atoms with Crippen molar-refractivity contribution in [1.82, 2.24) is 10.2 Å². The molecule has 18 heavy (non-hydrogen) atoms. The van der Waals surface area contributed by atoms with Crippen LogP contribution >= 0.6 is 11.3 Å². The number of aromatic nitrogens is 2. The van der Waals surface area contributed by atoms with Crippen LogP contribution in [0, 0.1) is 5.92 Å². The molecule has 1 aromatic heterocycles. The summed E-state index contributed by atoms with van der Waals surface area (Å²) in [6.45, 7) is 0. The number of benzene rings is 1. The van der Waals surface area contributed by atoms with Gasteiger partial charge in [0.15, 0.2) is 0 Å². The van der Waals surface area contributed by atoms with Crippen molar-refractivity contribution in [1.29, 1.82) is 0 Å². The van der Waals surface area contributed by atoms with Crippen LogP contribution in [0.5, 0.6) is 0 Å². The van der Waals surface area contributed by atoms with Gasteiger partial charge in [0.1, 0.15) is 5.01 Å². The minimum atomic E-state index is 0.378. The number of nitrogen functional groups attached to an aromatic ring is 1. The van der Waals surface area contributed by atoms with E-state index < -0.39 is 0 Å². The molecule has 0 saturated heterocycles. The number of hydrogen-bond acceptors (Lipinski definition) is 4. The van der Waals surface area contributed by atoms with E-state index in [4.69, 9.17) is 5.73 Å². The fourth-order valence-electron chi connectivity index (χ4n) is 2.94. The van der Waals surface area contributed by atoms with Gasteiger partial charge in [-0.1, -0.05) is 54.5 Å². The van der Waals surface area contributed by atoms with Gasteiger partial charge in [-0.3, -0.25) is 0 Å². The van der Waals surface area contributed by atoms with Crippen LogP contribution in [0.25, 0.3) is 0 Å². The fourth-order valence-corrected chi connectivity index (χ4v) is 3.77. The van der Waals surface area contributed by atoms with E-state index in [1.807, 2.05) is 0 Å². The Morgan fingerprint density at radius 2 is 1.83 bits per heavy atom. The summed E-state index contributed by atoms with van der Waals surface area (Å²) in [7, 11) is 0. The maximum atomic E-state index is 5.74. The van der Waals surface area contributed by atoms with Crippen molar-refractivity contribution in [2.75, 3.05) is 5.73 Å². The van der Waals surface area contributed by atoms with Crippen molar-refractivity contribution in [2.24, 2.45) is 5.92 Å². The van der Waals surface area contributed by atoms with Gasteiger partial charge >= 0.3 is 0 Å². The molecule has 3 nitrogen and oxygen atoms in total. The molecule has 2 aromatic rings. The van der Waals surface area contributed by atoms with Gasteiger partial charge in [-0.15, -0.1) is 10.2 Å². The van der Waals surface area contributed by atoms with Crippen LogP contribution in [0.2, 0.25) is 0 Å². The van der Waals surface area contributed by atoms with Crippen molar-refractivity contribution in [2.45, 2.75) is 31.6 Å². The van der Waals surface area contributed by atoms with Gasteiger partial charge < -0.3 is 5.73 Å². The van der Waals surface area contributed by atoms with Gasteiger partial charge in [0.25, 0.3) is 0 Å². The fraction of sp³-hybridized carbons (Fsp3) is 0.429. The topological polar surface area (TPSA) is 51.8 Å². The Labute approximate surface area is 111 Å². The van der Waals surface area contributed by atoms with Crippen molar-refractivity contribution in [3.63, 3.8) is 0 Å². The molecule has 1 fully saturated rings. The van der Waals surface area contributed by atoms with Gasteiger partial charge in [0.05, 0.1) is 0 Å². The molecule has 3 rings (SSSR count). The summed E-state index contributed by atoms with van der Waals surface area (Å²) >= 11 is 1.53. The predicted octanol–water partition coefficient (Wildman–Crippen LogP) is 3.44. The molecule has 0 aliphatic heterocycles. The lowest BCUT2D eigenvalue weighted by atomic mass is 9.85. The molecule has 0 spiro atoms. The third kappa shape index (κ3) is 2.25. The van der Waals surface area contributed by atoms with Crippen molar-refractivity contribution in [3.05, 3.63) is 40.9 Å². The zero-order valence-electron chi connectivity index (χ0n) is 10.2. The number of rotatable bonds is 3. The molecule has 1 unspecified atom stereocenters. The van der Waals surface area contributed by atoms with E-state index in [0.717, 1.165) is 5.01 Å². The lowest BCUT2D eigenvalue weighted by Gasteiger charge is -2.21. The number of anilines is 1. The SMILES string of the molecule is Nc1nnc(C(c2ccccc2)C2CCCC2)s1. The average Bonchev–Trinajstić information content (AvgIpc) is 3.04. The summed E-state index contributed by atoms with van der Waals surface area (Å²) < 4.78 is 0. The zero-order chi connectivity index (χ0) is 12.4. The molecule has 1 aromatic carbocycles. The van der Waals surface area contributed by atoms with E-state index in [1.165, 1.54) is 42.6 Å². The molecule has 0 amide bonds. The maximum absolute atomic E-state index is 5.74. The summed E-state index contributed by atoms with van der Waals surface area (Å²) in [4.78, 5) is 0. The van der Waals surface area contributed by atoms with E-state index in [1.54, 1.807) is 0 Å². The van der Waals surface area contributed by atoms with Gasteiger partial charge in [-0.2, -0.15) is 0 Å². The highest BCUT2D eigenvalue weighted by atomic mass is 32.1. The predicted molar refractivity (Wildman–Crippen MR) is 74.6 cm³/mol. The van der Waals surface area contributed by atoms with Crippen LogP contribution in [-0.2, 0) is 0 Å². The van der Waals surface area contributed by atoms with Gasteiger partial charge in [0.2, 0.25) is 5.13 Å². The van der Waals surface area contributed by atoms with Gasteiger partial charge in [0, 0.05) is 5.92 Å². The lowest BCUT2D eigenvalue weighted by Crippen LogP contribution is -2.11.